The number of fused-ring (bicyclic) bond motifs is 1. The van der Waals surface area contributed by atoms with Crippen LogP contribution in [0.15, 0.2) is 59.0 Å². The lowest BCUT2D eigenvalue weighted by molar-refractivity contribution is -0.118. The molecule has 0 saturated carbocycles. The monoisotopic (exact) mass is 424 g/mol. The zero-order valence-electron chi connectivity index (χ0n) is 16.3. The lowest BCUT2D eigenvalue weighted by Crippen LogP contribution is -2.20. The van der Waals surface area contributed by atoms with E-state index < -0.39 is 5.82 Å². The van der Waals surface area contributed by atoms with Crippen molar-refractivity contribution in [2.75, 3.05) is 11.9 Å². The molecule has 152 valence electrons. The summed E-state index contributed by atoms with van der Waals surface area (Å²) < 4.78 is 24.6. The summed E-state index contributed by atoms with van der Waals surface area (Å²) in [5, 5.41) is 2.99. The number of aryl methyl sites for hydroxylation is 2. The highest BCUT2D eigenvalue weighted by Gasteiger charge is 2.13. The van der Waals surface area contributed by atoms with Crippen LogP contribution in [0, 0.1) is 19.7 Å². The summed E-state index contributed by atoms with van der Waals surface area (Å²) >= 11 is 6.09. The van der Waals surface area contributed by atoms with Crippen molar-refractivity contribution in [2.24, 2.45) is 0 Å². The second-order valence-corrected chi connectivity index (χ2v) is 7.39. The number of oxazole rings is 1. The van der Waals surface area contributed by atoms with Crippen molar-refractivity contribution < 1.29 is 18.3 Å². The number of halogens is 2. The number of carbonyl (C=O) groups is 1. The zero-order valence-corrected chi connectivity index (χ0v) is 17.1. The third-order valence-electron chi connectivity index (χ3n) is 4.40. The van der Waals surface area contributed by atoms with Gasteiger partial charge in [-0.2, -0.15) is 0 Å². The maximum atomic E-state index is 13.3. The molecule has 4 aromatic rings. The van der Waals surface area contributed by atoms with Crippen LogP contribution in [0.4, 0.5) is 10.1 Å². The highest BCUT2D eigenvalue weighted by molar-refractivity contribution is 6.33. The number of aromatic nitrogens is 1. The van der Waals surface area contributed by atoms with Gasteiger partial charge >= 0.3 is 0 Å². The fourth-order valence-corrected chi connectivity index (χ4v) is 3.39. The van der Waals surface area contributed by atoms with Gasteiger partial charge in [0.15, 0.2) is 12.2 Å². The number of benzene rings is 3. The SMILES string of the molecule is Cc1cc(C)cc(OCC(=O)Nc2ccc3oc(-c4ccc(F)cc4Cl)nc3c2)c1. The summed E-state index contributed by atoms with van der Waals surface area (Å²) in [4.78, 5) is 16.7. The first kappa shape index (κ1) is 19.9. The van der Waals surface area contributed by atoms with Gasteiger partial charge in [0.1, 0.15) is 17.1 Å². The fraction of sp³-hybridized carbons (Fsp3) is 0.130. The van der Waals surface area contributed by atoms with E-state index >= 15 is 0 Å². The maximum absolute atomic E-state index is 13.3. The number of anilines is 1. The van der Waals surface area contributed by atoms with Crippen LogP contribution >= 0.6 is 11.6 Å². The topological polar surface area (TPSA) is 64.4 Å². The lowest BCUT2D eigenvalue weighted by Gasteiger charge is -2.09. The largest absolute Gasteiger partial charge is 0.484 e. The van der Waals surface area contributed by atoms with Crippen molar-refractivity contribution >= 4 is 34.3 Å². The van der Waals surface area contributed by atoms with E-state index in [1.54, 1.807) is 18.2 Å². The molecule has 1 N–H and O–H groups in total. The van der Waals surface area contributed by atoms with Crippen LogP contribution < -0.4 is 10.1 Å². The number of carbonyl (C=O) groups excluding carboxylic acids is 1. The second kappa shape index (κ2) is 8.16. The predicted molar refractivity (Wildman–Crippen MR) is 114 cm³/mol. The first-order chi connectivity index (χ1) is 14.4. The molecule has 1 amide bonds. The normalized spacial score (nSPS) is 10.9. The molecule has 0 radical (unpaired) electrons. The Hall–Kier alpha value is -3.38. The Balaban J connectivity index is 1.47. The van der Waals surface area contributed by atoms with E-state index in [1.165, 1.54) is 18.2 Å². The van der Waals surface area contributed by atoms with Gasteiger partial charge in [-0.05, 0) is 73.5 Å². The average molecular weight is 425 g/mol. The number of ether oxygens (including phenoxy) is 1. The number of rotatable bonds is 5. The quantitative estimate of drug-likeness (QED) is 0.431. The van der Waals surface area contributed by atoms with E-state index in [1.807, 2.05) is 32.0 Å². The number of hydrogen-bond donors (Lipinski definition) is 1. The number of nitrogens with one attached hydrogen (secondary N) is 1. The Morgan fingerprint density at radius 2 is 1.87 bits per heavy atom. The minimum Gasteiger partial charge on any atom is -0.484 e. The van der Waals surface area contributed by atoms with Gasteiger partial charge in [0.2, 0.25) is 5.89 Å². The van der Waals surface area contributed by atoms with E-state index in [4.69, 9.17) is 20.8 Å². The second-order valence-electron chi connectivity index (χ2n) is 6.99. The molecule has 4 rings (SSSR count). The summed E-state index contributed by atoms with van der Waals surface area (Å²) in [6.45, 7) is 3.83. The molecule has 1 heterocycles. The van der Waals surface area contributed by atoms with Crippen molar-refractivity contribution in [3.63, 3.8) is 0 Å². The third kappa shape index (κ3) is 4.44. The number of hydrogen-bond acceptors (Lipinski definition) is 4. The molecule has 0 atom stereocenters. The molecule has 0 unspecified atom stereocenters. The van der Waals surface area contributed by atoms with Gasteiger partial charge < -0.3 is 14.5 Å². The summed E-state index contributed by atoms with van der Waals surface area (Å²) in [5.74, 6) is 0.193. The molecule has 0 spiro atoms. The molecule has 5 nitrogen and oxygen atoms in total. The van der Waals surface area contributed by atoms with Crippen LogP contribution in [0.5, 0.6) is 5.75 Å². The van der Waals surface area contributed by atoms with Crippen LogP contribution in [-0.4, -0.2) is 17.5 Å². The Kier molecular flexibility index (Phi) is 5.42. The molecule has 3 aromatic carbocycles. The van der Waals surface area contributed by atoms with Gasteiger partial charge in [-0.3, -0.25) is 4.79 Å². The number of nitrogens with zero attached hydrogens (tertiary/aromatic N) is 1. The average Bonchev–Trinajstić information content (AvgIpc) is 3.08. The molecule has 0 aliphatic carbocycles. The van der Waals surface area contributed by atoms with Crippen molar-refractivity contribution in [1.82, 2.24) is 4.98 Å². The minimum absolute atomic E-state index is 0.115. The third-order valence-corrected chi connectivity index (χ3v) is 4.71. The maximum Gasteiger partial charge on any atom is 0.262 e. The van der Waals surface area contributed by atoms with Crippen LogP contribution in [0.25, 0.3) is 22.6 Å². The summed E-state index contributed by atoms with van der Waals surface area (Å²) in [6.07, 6.45) is 0. The molecule has 0 fully saturated rings. The molecule has 30 heavy (non-hydrogen) atoms. The molecule has 0 aliphatic rings. The molecule has 0 saturated heterocycles. The van der Waals surface area contributed by atoms with Crippen molar-refractivity contribution in [1.29, 1.82) is 0 Å². The Bertz CT molecular complexity index is 1230. The first-order valence-corrected chi connectivity index (χ1v) is 9.62. The Morgan fingerprint density at radius 1 is 1.10 bits per heavy atom. The van der Waals surface area contributed by atoms with E-state index in [2.05, 4.69) is 10.3 Å². The highest BCUT2D eigenvalue weighted by atomic mass is 35.5. The van der Waals surface area contributed by atoms with Gasteiger partial charge in [-0.1, -0.05) is 17.7 Å². The van der Waals surface area contributed by atoms with Crippen LogP contribution in [0.2, 0.25) is 5.02 Å². The van der Waals surface area contributed by atoms with E-state index in [0.717, 1.165) is 11.1 Å². The molecule has 0 bridgehead atoms. The number of amides is 1. The van der Waals surface area contributed by atoms with Gasteiger partial charge in [0.25, 0.3) is 5.91 Å². The van der Waals surface area contributed by atoms with Gasteiger partial charge in [0, 0.05) is 5.69 Å². The Labute approximate surface area is 177 Å². The van der Waals surface area contributed by atoms with Gasteiger partial charge in [0.05, 0.1) is 10.6 Å². The standard InChI is InChI=1S/C23H18ClFN2O3/c1-13-7-14(2)9-17(8-13)29-12-22(28)26-16-4-6-21-20(11-16)27-23(30-21)18-5-3-15(25)10-19(18)24/h3-11H,12H2,1-2H3,(H,26,28). The van der Waals surface area contributed by atoms with Crippen molar-refractivity contribution in [2.45, 2.75) is 13.8 Å². The summed E-state index contributed by atoms with van der Waals surface area (Å²) in [7, 11) is 0. The zero-order chi connectivity index (χ0) is 21.3. The molecule has 1 aromatic heterocycles. The summed E-state index contributed by atoms with van der Waals surface area (Å²) in [6, 6.07) is 14.9. The van der Waals surface area contributed by atoms with Crippen molar-refractivity contribution in [3.05, 3.63) is 76.6 Å². The highest BCUT2D eigenvalue weighted by Crippen LogP contribution is 2.31. The van der Waals surface area contributed by atoms with Crippen LogP contribution in [0.3, 0.4) is 0 Å². The fourth-order valence-electron chi connectivity index (χ4n) is 3.15. The Morgan fingerprint density at radius 3 is 2.60 bits per heavy atom. The first-order valence-electron chi connectivity index (χ1n) is 9.24. The molecule has 0 aliphatic heterocycles. The van der Waals surface area contributed by atoms with E-state index in [0.29, 0.717) is 28.1 Å². The smallest absolute Gasteiger partial charge is 0.262 e. The van der Waals surface area contributed by atoms with Crippen LogP contribution in [-0.2, 0) is 4.79 Å². The molecular weight excluding hydrogens is 407 g/mol. The van der Waals surface area contributed by atoms with Crippen molar-refractivity contribution in [3.8, 4) is 17.2 Å². The molecular formula is C23H18ClFN2O3. The van der Waals surface area contributed by atoms with E-state index in [9.17, 15) is 9.18 Å². The molecule has 7 heteroatoms. The van der Waals surface area contributed by atoms with E-state index in [-0.39, 0.29) is 23.4 Å². The van der Waals surface area contributed by atoms with Gasteiger partial charge in [-0.15, -0.1) is 0 Å². The lowest BCUT2D eigenvalue weighted by atomic mass is 10.1. The van der Waals surface area contributed by atoms with Crippen LogP contribution in [0.1, 0.15) is 11.1 Å². The minimum atomic E-state index is -0.437. The van der Waals surface area contributed by atoms with Gasteiger partial charge in [-0.25, -0.2) is 9.37 Å². The predicted octanol–water partition coefficient (Wildman–Crippen LogP) is 5.92. The summed E-state index contributed by atoms with van der Waals surface area (Å²) in [5.41, 5.74) is 4.24.